The number of thiophene rings is 1. The maximum atomic E-state index is 7.32. The normalized spacial score (nSPS) is 11.9. The molecule has 138 valence electrons. The maximum Gasteiger partial charge on any atom is 0.225 e. The summed E-state index contributed by atoms with van der Waals surface area (Å²) in [7, 11) is 0. The molecular weight excluding hydrogens is 330 g/mol. The average Bonchev–Trinajstić information content (AvgIpc) is 3.19. The summed E-state index contributed by atoms with van der Waals surface area (Å²) >= 11 is 1.82. The van der Waals surface area contributed by atoms with Crippen LogP contribution in [0.15, 0.2) is 6.33 Å². The number of fused-ring (bicyclic) bond motifs is 3. The number of rotatable bonds is 6. The van der Waals surface area contributed by atoms with Crippen LogP contribution in [0.5, 0.6) is 5.88 Å². The molecule has 0 unspecified atom stereocenters. The fourth-order valence-electron chi connectivity index (χ4n) is 3.05. The van der Waals surface area contributed by atoms with Gasteiger partial charge in [0.1, 0.15) is 17.3 Å². The van der Waals surface area contributed by atoms with E-state index in [9.17, 15) is 0 Å². The van der Waals surface area contributed by atoms with Gasteiger partial charge in [0.25, 0.3) is 0 Å². The molecule has 25 heavy (non-hydrogen) atoms. The summed E-state index contributed by atoms with van der Waals surface area (Å²) < 4.78 is 6.25. The van der Waals surface area contributed by atoms with E-state index < -0.39 is 0 Å². The summed E-state index contributed by atoms with van der Waals surface area (Å²) in [4.78, 5) is 11.5. The fourth-order valence-corrected chi connectivity index (χ4v) is 4.27. The van der Waals surface area contributed by atoms with E-state index in [2.05, 4.69) is 23.8 Å². The van der Waals surface area contributed by atoms with E-state index in [1.807, 2.05) is 25.2 Å². The minimum absolute atomic E-state index is 0.292. The topological polar surface area (TPSA) is 58.8 Å². The van der Waals surface area contributed by atoms with Gasteiger partial charge in [-0.15, -0.1) is 11.3 Å². The first kappa shape index (κ1) is 21.4. The van der Waals surface area contributed by atoms with Crippen LogP contribution in [0.1, 0.15) is 77.2 Å². The van der Waals surface area contributed by atoms with Gasteiger partial charge in [-0.05, 0) is 37.7 Å². The Morgan fingerprint density at radius 3 is 2.44 bits per heavy atom. The van der Waals surface area contributed by atoms with Gasteiger partial charge < -0.3 is 4.74 Å². The Hall–Kier alpha value is -1.67. The highest BCUT2D eigenvalue weighted by Crippen LogP contribution is 2.40. The van der Waals surface area contributed by atoms with Gasteiger partial charge in [-0.2, -0.15) is 5.26 Å². The second-order valence-electron chi connectivity index (χ2n) is 5.76. The van der Waals surface area contributed by atoms with Gasteiger partial charge in [0, 0.05) is 11.8 Å². The van der Waals surface area contributed by atoms with Crippen LogP contribution in [-0.2, 0) is 12.8 Å². The van der Waals surface area contributed by atoms with Gasteiger partial charge in [0.2, 0.25) is 5.88 Å². The molecule has 0 saturated carbocycles. The number of hydrogen-bond donors (Lipinski definition) is 0. The third-order valence-electron chi connectivity index (χ3n) is 3.97. The highest BCUT2D eigenvalue weighted by atomic mass is 32.1. The van der Waals surface area contributed by atoms with Crippen LogP contribution < -0.4 is 4.74 Å². The number of hydrogen-bond acceptors (Lipinski definition) is 5. The van der Waals surface area contributed by atoms with Crippen LogP contribution >= 0.6 is 11.3 Å². The number of ether oxygens (including phenoxy) is 1. The third-order valence-corrected chi connectivity index (χ3v) is 5.17. The molecule has 3 rings (SSSR count). The first-order chi connectivity index (χ1) is 12.2. The van der Waals surface area contributed by atoms with Crippen molar-refractivity contribution in [3.05, 3.63) is 16.8 Å². The Morgan fingerprint density at radius 1 is 1.20 bits per heavy atom. The standard InChI is InChI=1S/C16H22N2OS.C2H3N.C2H6/c1-3-6-11(7-4-2)19-15-14-12-8-5-9-13(12)20-16(14)18-10-17-15;1-2-3;1-2/h10-11H,3-9H2,1-2H3;1H3;1-2H3. The molecule has 0 N–H and O–H groups in total. The molecule has 1 aliphatic carbocycles. The molecule has 2 aromatic heterocycles. The zero-order valence-corrected chi connectivity index (χ0v) is 17.1. The van der Waals surface area contributed by atoms with Gasteiger partial charge in [0.15, 0.2) is 0 Å². The monoisotopic (exact) mass is 361 g/mol. The molecule has 0 radical (unpaired) electrons. The van der Waals surface area contributed by atoms with E-state index in [-0.39, 0.29) is 0 Å². The first-order valence-corrected chi connectivity index (χ1v) is 10.3. The minimum Gasteiger partial charge on any atom is -0.474 e. The highest BCUT2D eigenvalue weighted by Gasteiger charge is 2.23. The van der Waals surface area contributed by atoms with Crippen molar-refractivity contribution in [2.24, 2.45) is 0 Å². The van der Waals surface area contributed by atoms with Crippen LogP contribution in [0.2, 0.25) is 0 Å². The first-order valence-electron chi connectivity index (χ1n) is 9.47. The van der Waals surface area contributed by atoms with Crippen LogP contribution in [0.4, 0.5) is 0 Å². The fraction of sp³-hybridized carbons (Fsp3) is 0.650. The van der Waals surface area contributed by atoms with E-state index in [4.69, 9.17) is 10.00 Å². The molecule has 0 aromatic carbocycles. The SMILES string of the molecule is CC.CC#N.CCCC(CCC)Oc1ncnc2sc3c(c12)CCC3. The van der Waals surface area contributed by atoms with Gasteiger partial charge in [-0.1, -0.05) is 40.5 Å². The molecule has 2 aromatic rings. The maximum absolute atomic E-state index is 7.32. The summed E-state index contributed by atoms with van der Waals surface area (Å²) in [6.07, 6.45) is 10.1. The molecule has 0 amide bonds. The molecule has 0 spiro atoms. The number of nitriles is 1. The molecule has 4 nitrogen and oxygen atoms in total. The van der Waals surface area contributed by atoms with E-state index in [1.165, 1.54) is 35.6 Å². The lowest BCUT2D eigenvalue weighted by atomic mass is 10.1. The third kappa shape index (κ3) is 5.67. The van der Waals surface area contributed by atoms with Crippen molar-refractivity contribution in [3.63, 3.8) is 0 Å². The largest absolute Gasteiger partial charge is 0.474 e. The van der Waals surface area contributed by atoms with Crippen molar-refractivity contribution in [3.8, 4) is 11.9 Å². The van der Waals surface area contributed by atoms with Crippen molar-refractivity contribution in [2.45, 2.75) is 85.7 Å². The van der Waals surface area contributed by atoms with Crippen molar-refractivity contribution in [1.29, 1.82) is 5.26 Å². The van der Waals surface area contributed by atoms with Crippen molar-refractivity contribution in [1.82, 2.24) is 9.97 Å². The Labute approximate surface area is 156 Å². The van der Waals surface area contributed by atoms with E-state index >= 15 is 0 Å². The van der Waals surface area contributed by atoms with E-state index in [0.717, 1.165) is 42.8 Å². The Morgan fingerprint density at radius 2 is 1.84 bits per heavy atom. The second kappa shape index (κ2) is 11.8. The lowest BCUT2D eigenvalue weighted by molar-refractivity contribution is 0.174. The quantitative estimate of drug-likeness (QED) is 0.625. The Balaban J connectivity index is 0.000000567. The Kier molecular flexibility index (Phi) is 10.1. The van der Waals surface area contributed by atoms with Crippen molar-refractivity contribution in [2.75, 3.05) is 0 Å². The van der Waals surface area contributed by atoms with Crippen LogP contribution in [0, 0.1) is 11.3 Å². The van der Waals surface area contributed by atoms with Crippen molar-refractivity contribution < 1.29 is 4.74 Å². The summed E-state index contributed by atoms with van der Waals surface area (Å²) in [6.45, 7) is 9.85. The van der Waals surface area contributed by atoms with Gasteiger partial charge in [-0.25, -0.2) is 9.97 Å². The van der Waals surface area contributed by atoms with Crippen LogP contribution in [-0.4, -0.2) is 16.1 Å². The summed E-state index contributed by atoms with van der Waals surface area (Å²) in [5, 5.41) is 8.52. The number of aryl methyl sites for hydroxylation is 2. The summed E-state index contributed by atoms with van der Waals surface area (Å²) in [5.74, 6) is 0.821. The highest BCUT2D eigenvalue weighted by molar-refractivity contribution is 7.18. The predicted molar refractivity (Wildman–Crippen MR) is 106 cm³/mol. The molecule has 0 bridgehead atoms. The zero-order valence-electron chi connectivity index (χ0n) is 16.3. The van der Waals surface area contributed by atoms with Crippen LogP contribution in [0.3, 0.4) is 0 Å². The van der Waals surface area contributed by atoms with Gasteiger partial charge >= 0.3 is 0 Å². The molecule has 0 fully saturated rings. The lowest BCUT2D eigenvalue weighted by Gasteiger charge is -2.17. The van der Waals surface area contributed by atoms with Crippen molar-refractivity contribution >= 4 is 21.6 Å². The minimum atomic E-state index is 0.292. The van der Waals surface area contributed by atoms with E-state index in [0.29, 0.717) is 6.10 Å². The smallest absolute Gasteiger partial charge is 0.225 e. The van der Waals surface area contributed by atoms with Crippen LogP contribution in [0.25, 0.3) is 10.2 Å². The number of aromatic nitrogens is 2. The summed E-state index contributed by atoms with van der Waals surface area (Å²) in [5.41, 5.74) is 1.45. The molecule has 2 heterocycles. The molecule has 0 atom stereocenters. The van der Waals surface area contributed by atoms with Gasteiger partial charge in [0.05, 0.1) is 11.5 Å². The molecule has 1 aliphatic rings. The predicted octanol–water partition coefficient (Wildman–Crippen LogP) is 6.08. The molecule has 5 heteroatoms. The Bertz CT molecular complexity index is 669. The lowest BCUT2D eigenvalue weighted by Crippen LogP contribution is -2.16. The average molecular weight is 362 g/mol. The molecule has 0 aliphatic heterocycles. The van der Waals surface area contributed by atoms with E-state index in [1.54, 1.807) is 12.4 Å². The second-order valence-corrected chi connectivity index (χ2v) is 6.84. The van der Waals surface area contributed by atoms with Gasteiger partial charge in [-0.3, -0.25) is 0 Å². The number of nitrogens with zero attached hydrogens (tertiary/aromatic N) is 3. The molecule has 0 saturated heterocycles. The molecular formula is C20H31N3OS. The zero-order chi connectivity index (χ0) is 18.7. The summed E-state index contributed by atoms with van der Waals surface area (Å²) in [6, 6.07) is 1.75.